The van der Waals surface area contributed by atoms with Gasteiger partial charge >= 0.3 is 0 Å². The summed E-state index contributed by atoms with van der Waals surface area (Å²) in [4.78, 5) is 0. The van der Waals surface area contributed by atoms with E-state index < -0.39 is 0 Å². The fraction of sp³-hybridized carbons (Fsp3) is 0.667. The molecule has 1 aliphatic carbocycles. The van der Waals surface area contributed by atoms with Crippen molar-refractivity contribution >= 4 is 0 Å². The molecule has 2 fully saturated rings. The third-order valence-electron chi connectivity index (χ3n) is 4.80. The minimum absolute atomic E-state index is 0.164. The van der Waals surface area contributed by atoms with Crippen LogP contribution in [0.3, 0.4) is 0 Å². The molecule has 0 spiro atoms. The van der Waals surface area contributed by atoms with Gasteiger partial charge in [-0.3, -0.25) is 0 Å². The van der Waals surface area contributed by atoms with Crippen molar-refractivity contribution in [3.05, 3.63) is 29.6 Å². The highest BCUT2D eigenvalue weighted by molar-refractivity contribution is 5.32. The Labute approximate surface area is 126 Å². The zero-order valence-electron chi connectivity index (χ0n) is 12.8. The molecular formula is C18H25FO2. The van der Waals surface area contributed by atoms with Gasteiger partial charge in [0.1, 0.15) is 12.7 Å². The molecule has 3 rings (SSSR count). The summed E-state index contributed by atoms with van der Waals surface area (Å²) in [5.74, 6) is 1.59. The summed E-state index contributed by atoms with van der Waals surface area (Å²) in [7, 11) is 0. The molecule has 0 N–H and O–H groups in total. The summed E-state index contributed by atoms with van der Waals surface area (Å²) in [6, 6.07) is 5.39. The van der Waals surface area contributed by atoms with E-state index in [2.05, 4.69) is 6.92 Å². The van der Waals surface area contributed by atoms with E-state index in [0.717, 1.165) is 12.5 Å². The molecule has 3 heteroatoms. The maximum atomic E-state index is 13.8. The Bertz CT molecular complexity index is 462. The van der Waals surface area contributed by atoms with E-state index >= 15 is 0 Å². The summed E-state index contributed by atoms with van der Waals surface area (Å²) in [5, 5.41) is 0. The quantitative estimate of drug-likeness (QED) is 0.710. The highest BCUT2D eigenvalue weighted by atomic mass is 19.1. The number of epoxide rings is 1. The predicted octanol–water partition coefficient (Wildman–Crippen LogP) is 4.68. The van der Waals surface area contributed by atoms with Crippen molar-refractivity contribution in [2.75, 3.05) is 13.2 Å². The monoisotopic (exact) mass is 292 g/mol. The lowest BCUT2D eigenvalue weighted by Gasteiger charge is -2.28. The molecule has 21 heavy (non-hydrogen) atoms. The van der Waals surface area contributed by atoms with Crippen molar-refractivity contribution in [2.45, 2.75) is 57.5 Å². The fourth-order valence-corrected chi connectivity index (χ4v) is 3.42. The Morgan fingerprint density at radius 1 is 1.24 bits per heavy atom. The van der Waals surface area contributed by atoms with Crippen LogP contribution in [0.2, 0.25) is 0 Å². The first-order valence-corrected chi connectivity index (χ1v) is 8.30. The normalized spacial score (nSPS) is 28.4. The summed E-state index contributed by atoms with van der Waals surface area (Å²) >= 11 is 0. The number of hydrogen-bond donors (Lipinski definition) is 0. The first kappa shape index (κ1) is 14.8. The van der Waals surface area contributed by atoms with E-state index in [1.807, 2.05) is 12.1 Å². The van der Waals surface area contributed by atoms with Crippen molar-refractivity contribution in [1.82, 2.24) is 0 Å². The molecule has 1 aliphatic heterocycles. The zero-order chi connectivity index (χ0) is 14.7. The first-order chi connectivity index (χ1) is 10.3. The number of benzene rings is 1. The molecule has 1 aromatic carbocycles. The molecule has 1 unspecified atom stereocenters. The molecule has 0 amide bonds. The van der Waals surface area contributed by atoms with Crippen LogP contribution in [0.1, 0.15) is 56.9 Å². The van der Waals surface area contributed by atoms with Crippen LogP contribution in [0.25, 0.3) is 0 Å². The lowest BCUT2D eigenvalue weighted by molar-refractivity contribution is 0.253. The zero-order valence-corrected chi connectivity index (χ0v) is 12.8. The van der Waals surface area contributed by atoms with Gasteiger partial charge in [0.25, 0.3) is 0 Å². The van der Waals surface area contributed by atoms with Crippen LogP contribution in [0.5, 0.6) is 5.75 Å². The van der Waals surface area contributed by atoms with Gasteiger partial charge in [-0.05, 0) is 55.2 Å². The van der Waals surface area contributed by atoms with Crippen molar-refractivity contribution in [1.29, 1.82) is 0 Å². The lowest BCUT2D eigenvalue weighted by Crippen LogP contribution is -2.13. The van der Waals surface area contributed by atoms with Gasteiger partial charge in [-0.15, -0.1) is 0 Å². The van der Waals surface area contributed by atoms with Crippen LogP contribution in [0, 0.1) is 11.7 Å². The molecular weight excluding hydrogens is 267 g/mol. The summed E-state index contributed by atoms with van der Waals surface area (Å²) in [6.45, 7) is 3.46. The van der Waals surface area contributed by atoms with E-state index in [-0.39, 0.29) is 11.9 Å². The summed E-state index contributed by atoms with van der Waals surface area (Å²) in [6.07, 6.45) is 7.86. The second-order valence-electron chi connectivity index (χ2n) is 6.46. The molecule has 2 nitrogen and oxygen atoms in total. The second-order valence-corrected chi connectivity index (χ2v) is 6.46. The lowest BCUT2D eigenvalue weighted by atomic mass is 9.77. The van der Waals surface area contributed by atoms with Gasteiger partial charge in [0.15, 0.2) is 11.6 Å². The Morgan fingerprint density at radius 3 is 2.67 bits per heavy atom. The number of hydrogen-bond acceptors (Lipinski definition) is 2. The molecule has 1 aromatic rings. The highest BCUT2D eigenvalue weighted by Gasteiger charge is 2.25. The van der Waals surface area contributed by atoms with Crippen LogP contribution in [0.4, 0.5) is 4.39 Å². The van der Waals surface area contributed by atoms with Crippen molar-refractivity contribution < 1.29 is 13.9 Å². The van der Waals surface area contributed by atoms with Gasteiger partial charge < -0.3 is 9.47 Å². The largest absolute Gasteiger partial charge is 0.488 e. The Hall–Kier alpha value is -1.09. The van der Waals surface area contributed by atoms with Crippen molar-refractivity contribution in [3.8, 4) is 5.75 Å². The summed E-state index contributed by atoms with van der Waals surface area (Å²) < 4.78 is 24.5. The molecule has 0 radical (unpaired) electrons. The van der Waals surface area contributed by atoms with Crippen LogP contribution in [-0.2, 0) is 4.74 Å². The van der Waals surface area contributed by atoms with E-state index in [1.54, 1.807) is 6.07 Å². The summed E-state index contributed by atoms with van der Waals surface area (Å²) in [5.41, 5.74) is 1.23. The standard InChI is InChI=1S/C18H25FO2/c1-2-3-13-4-6-14(7-5-13)15-8-9-17(19)18(10-15)21-12-16-11-20-16/h8-10,13-14,16H,2-7,11-12H2,1H3. The smallest absolute Gasteiger partial charge is 0.165 e. The van der Waals surface area contributed by atoms with Gasteiger partial charge in [0.2, 0.25) is 0 Å². The topological polar surface area (TPSA) is 21.8 Å². The molecule has 2 aliphatic rings. The first-order valence-electron chi connectivity index (χ1n) is 8.30. The fourth-order valence-electron chi connectivity index (χ4n) is 3.42. The van der Waals surface area contributed by atoms with Crippen LogP contribution >= 0.6 is 0 Å². The number of rotatable bonds is 6. The molecule has 116 valence electrons. The Morgan fingerprint density at radius 2 is 2.00 bits per heavy atom. The molecule has 1 saturated heterocycles. The van der Waals surface area contributed by atoms with Crippen molar-refractivity contribution in [3.63, 3.8) is 0 Å². The Kier molecular flexibility index (Phi) is 4.79. The van der Waals surface area contributed by atoms with E-state index in [4.69, 9.17) is 9.47 Å². The van der Waals surface area contributed by atoms with E-state index in [1.165, 1.54) is 44.1 Å². The van der Waals surface area contributed by atoms with Crippen LogP contribution in [0.15, 0.2) is 18.2 Å². The average molecular weight is 292 g/mol. The molecule has 0 bridgehead atoms. The highest BCUT2D eigenvalue weighted by Crippen LogP contribution is 2.38. The van der Waals surface area contributed by atoms with Gasteiger partial charge in [-0.2, -0.15) is 0 Å². The molecule has 1 saturated carbocycles. The van der Waals surface area contributed by atoms with Crippen molar-refractivity contribution in [2.24, 2.45) is 5.92 Å². The molecule has 0 aromatic heterocycles. The Balaban J connectivity index is 1.60. The second kappa shape index (κ2) is 6.78. The number of halogens is 1. The third-order valence-corrected chi connectivity index (χ3v) is 4.80. The SMILES string of the molecule is CCCC1CCC(c2ccc(F)c(OCC3CO3)c2)CC1. The van der Waals surface area contributed by atoms with E-state index in [0.29, 0.717) is 18.3 Å². The maximum absolute atomic E-state index is 13.8. The predicted molar refractivity (Wildman–Crippen MR) is 81.2 cm³/mol. The molecule has 1 atom stereocenters. The van der Waals surface area contributed by atoms with Gasteiger partial charge in [0.05, 0.1) is 6.61 Å². The number of ether oxygens (including phenoxy) is 2. The van der Waals surface area contributed by atoms with Gasteiger partial charge in [-0.25, -0.2) is 4.39 Å². The average Bonchev–Trinajstić information content (AvgIpc) is 3.32. The third kappa shape index (κ3) is 3.97. The minimum atomic E-state index is -0.265. The molecule has 1 heterocycles. The van der Waals surface area contributed by atoms with Crippen LogP contribution < -0.4 is 4.74 Å². The van der Waals surface area contributed by atoms with Gasteiger partial charge in [-0.1, -0.05) is 25.8 Å². The minimum Gasteiger partial charge on any atom is -0.488 e. The van der Waals surface area contributed by atoms with Gasteiger partial charge in [0, 0.05) is 0 Å². The van der Waals surface area contributed by atoms with Crippen LogP contribution in [-0.4, -0.2) is 19.3 Å². The maximum Gasteiger partial charge on any atom is 0.165 e. The van der Waals surface area contributed by atoms with E-state index in [9.17, 15) is 4.39 Å².